The lowest BCUT2D eigenvalue weighted by Crippen LogP contribution is -2.37. The second kappa shape index (κ2) is 17.8. The number of fused-ring (bicyclic) bond motifs is 2. The number of carbonyl (C=O) groups excluding carboxylic acids is 2. The van der Waals surface area contributed by atoms with E-state index in [0.717, 1.165) is 56.2 Å². The summed E-state index contributed by atoms with van der Waals surface area (Å²) < 4.78 is 23.4. The van der Waals surface area contributed by atoms with Gasteiger partial charge in [0, 0.05) is 70.1 Å². The van der Waals surface area contributed by atoms with Crippen LogP contribution in [0.1, 0.15) is 71.8 Å². The summed E-state index contributed by atoms with van der Waals surface area (Å²) >= 11 is 0. The molecule has 1 saturated heterocycles. The molecule has 292 valence electrons. The summed E-state index contributed by atoms with van der Waals surface area (Å²) in [5, 5.41) is 15.4. The number of methoxy groups -OCH3 is 1. The average molecular weight is 754 g/mol. The number of hydrogen-bond acceptors (Lipinski definition) is 11. The van der Waals surface area contributed by atoms with Crippen molar-refractivity contribution in [1.29, 1.82) is 5.41 Å². The van der Waals surface area contributed by atoms with E-state index in [9.17, 15) is 9.59 Å². The van der Waals surface area contributed by atoms with Crippen LogP contribution >= 0.6 is 0 Å². The molecule has 1 fully saturated rings. The van der Waals surface area contributed by atoms with Gasteiger partial charge in [0.1, 0.15) is 28.9 Å². The van der Waals surface area contributed by atoms with Crippen LogP contribution in [-0.2, 0) is 40.4 Å². The third kappa shape index (κ3) is 9.11. The maximum absolute atomic E-state index is 13.6. The molecular weight excluding hydrogens is 703 g/mol. The van der Waals surface area contributed by atoms with Crippen molar-refractivity contribution in [2.45, 2.75) is 65.9 Å². The van der Waals surface area contributed by atoms with Crippen molar-refractivity contribution >= 4 is 46.7 Å². The maximum atomic E-state index is 13.6. The summed E-state index contributed by atoms with van der Waals surface area (Å²) in [6.07, 6.45) is 9.91. The Morgan fingerprint density at radius 1 is 1.13 bits per heavy atom. The van der Waals surface area contributed by atoms with E-state index in [1.54, 1.807) is 43.0 Å². The highest BCUT2D eigenvalue weighted by atomic mass is 16.5. The van der Waals surface area contributed by atoms with Gasteiger partial charge in [0.05, 0.1) is 42.9 Å². The van der Waals surface area contributed by atoms with Gasteiger partial charge in [-0.15, -0.1) is 0 Å². The summed E-state index contributed by atoms with van der Waals surface area (Å²) in [5.41, 5.74) is 17.4. The Kier molecular flexibility index (Phi) is 12.7. The van der Waals surface area contributed by atoms with E-state index in [4.69, 9.17) is 41.1 Å². The first-order valence-corrected chi connectivity index (χ1v) is 18.6. The lowest BCUT2D eigenvalue weighted by atomic mass is 9.96. The molecule has 6 N–H and O–H groups in total. The normalized spacial score (nSPS) is 16.2. The Morgan fingerprint density at radius 2 is 1.89 bits per heavy atom. The number of ether oxygens (including phenoxy) is 3. The number of amides is 2. The van der Waals surface area contributed by atoms with Crippen LogP contribution < -0.4 is 21.5 Å². The standard InChI is InChI=1S/C39H51N11O5/c1-5-50-31(19-26(3)46-50)38(52)45-39-44-29-20-27(24-40)21-32(53-4)35(29)49(39)13-7-6-12-48-34(10-9-25(2)41)43-30-22-28(37(42)51)23-33(36(30)48)55-16-8-11-47-14-17-54-18-15-47/h6-7,9-10,19-22,33,41H,5,8,11-18,23-24,40H2,1-4H3,(H2,42,51)(H,44,45,52)/b7-6+,10-9+,41-25?. The lowest BCUT2D eigenvalue weighted by Gasteiger charge is -2.27. The fourth-order valence-electron chi connectivity index (χ4n) is 6.96. The number of allylic oxidation sites excluding steroid dienone is 3. The van der Waals surface area contributed by atoms with Crippen molar-refractivity contribution in [2.75, 3.05) is 51.9 Å². The highest BCUT2D eigenvalue weighted by Crippen LogP contribution is 2.36. The number of nitrogens with two attached hydrogens (primary N) is 2. The van der Waals surface area contributed by atoms with Crippen molar-refractivity contribution in [1.82, 2.24) is 33.8 Å². The second-order valence-electron chi connectivity index (χ2n) is 13.6. The van der Waals surface area contributed by atoms with Gasteiger partial charge in [0.15, 0.2) is 0 Å². The molecule has 1 atom stereocenters. The first-order valence-electron chi connectivity index (χ1n) is 18.6. The highest BCUT2D eigenvalue weighted by Gasteiger charge is 2.30. The first-order chi connectivity index (χ1) is 26.6. The van der Waals surface area contributed by atoms with Gasteiger partial charge in [-0.2, -0.15) is 5.10 Å². The van der Waals surface area contributed by atoms with Gasteiger partial charge in [0.2, 0.25) is 11.9 Å². The lowest BCUT2D eigenvalue weighted by molar-refractivity contribution is -0.115. The average Bonchev–Trinajstić information content (AvgIpc) is 3.85. The Morgan fingerprint density at radius 3 is 2.58 bits per heavy atom. The number of aromatic nitrogens is 6. The Balaban J connectivity index is 1.30. The molecule has 0 spiro atoms. The van der Waals surface area contributed by atoms with E-state index in [-0.39, 0.29) is 5.91 Å². The number of carbonyl (C=O) groups is 2. The zero-order chi connectivity index (χ0) is 39.1. The molecule has 55 heavy (non-hydrogen) atoms. The van der Waals surface area contributed by atoms with Crippen LogP contribution in [0.5, 0.6) is 5.75 Å². The number of nitrogens with zero attached hydrogens (tertiary/aromatic N) is 7. The molecule has 16 heteroatoms. The largest absolute Gasteiger partial charge is 0.494 e. The van der Waals surface area contributed by atoms with Crippen LogP contribution in [0.4, 0.5) is 5.95 Å². The van der Waals surface area contributed by atoms with Gasteiger partial charge < -0.3 is 40.2 Å². The minimum atomic E-state index is -0.506. The molecule has 4 aromatic rings. The molecular formula is C39H51N11O5. The Bertz CT molecular complexity index is 2130. The number of nitrogens with one attached hydrogen (secondary N) is 2. The van der Waals surface area contributed by atoms with Crippen molar-refractivity contribution in [2.24, 2.45) is 11.5 Å². The summed E-state index contributed by atoms with van der Waals surface area (Å²) in [7, 11) is 1.59. The van der Waals surface area contributed by atoms with Gasteiger partial charge in [-0.25, -0.2) is 9.97 Å². The molecule has 4 heterocycles. The molecule has 1 aliphatic carbocycles. The van der Waals surface area contributed by atoms with Crippen molar-refractivity contribution in [3.05, 3.63) is 76.2 Å². The smallest absolute Gasteiger partial charge is 0.276 e. The van der Waals surface area contributed by atoms with Gasteiger partial charge >= 0.3 is 0 Å². The quantitative estimate of drug-likeness (QED) is 0.0696. The van der Waals surface area contributed by atoms with E-state index in [1.807, 2.05) is 47.3 Å². The molecule has 0 saturated carbocycles. The van der Waals surface area contributed by atoms with E-state index < -0.39 is 12.0 Å². The maximum Gasteiger partial charge on any atom is 0.276 e. The molecule has 0 radical (unpaired) electrons. The number of hydrogen-bond donors (Lipinski definition) is 4. The van der Waals surface area contributed by atoms with E-state index >= 15 is 0 Å². The second-order valence-corrected chi connectivity index (χ2v) is 13.6. The summed E-state index contributed by atoms with van der Waals surface area (Å²) in [6.45, 7) is 11.7. The minimum absolute atomic E-state index is 0.300. The molecule has 6 rings (SSSR count). The molecule has 3 aromatic heterocycles. The monoisotopic (exact) mass is 753 g/mol. The Hall–Kier alpha value is -5.42. The molecule has 2 amide bonds. The van der Waals surface area contributed by atoms with E-state index in [0.29, 0.717) is 90.4 Å². The van der Waals surface area contributed by atoms with Crippen LogP contribution in [0.2, 0.25) is 0 Å². The zero-order valence-electron chi connectivity index (χ0n) is 32.0. The number of imidazole rings is 2. The molecule has 2 aliphatic rings. The fraction of sp³-hybridized carbons (Fsp3) is 0.436. The van der Waals surface area contributed by atoms with E-state index in [1.165, 1.54) is 0 Å². The number of anilines is 1. The summed E-state index contributed by atoms with van der Waals surface area (Å²) in [4.78, 5) is 38.0. The minimum Gasteiger partial charge on any atom is -0.494 e. The number of benzene rings is 1. The number of morpholine rings is 1. The number of aryl methyl sites for hydroxylation is 2. The topological polar surface area (TPSA) is 206 Å². The number of primary amides is 1. The van der Waals surface area contributed by atoms with Crippen molar-refractivity contribution in [3.8, 4) is 5.75 Å². The molecule has 1 aliphatic heterocycles. The van der Waals surface area contributed by atoms with Gasteiger partial charge in [-0.3, -0.25) is 24.5 Å². The van der Waals surface area contributed by atoms with Crippen LogP contribution in [-0.4, -0.2) is 97.9 Å². The van der Waals surface area contributed by atoms with Crippen LogP contribution in [0.3, 0.4) is 0 Å². The third-order valence-corrected chi connectivity index (χ3v) is 9.65. The molecule has 1 aromatic carbocycles. The molecule has 0 bridgehead atoms. The molecule has 16 nitrogen and oxygen atoms in total. The highest BCUT2D eigenvalue weighted by molar-refractivity contribution is 6.03. The first kappa shape index (κ1) is 39.3. The number of rotatable bonds is 17. The van der Waals surface area contributed by atoms with Gasteiger partial charge in [-0.05, 0) is 69.2 Å². The predicted octanol–water partition coefficient (Wildman–Crippen LogP) is 3.84. The van der Waals surface area contributed by atoms with E-state index in [2.05, 4.69) is 15.3 Å². The fourth-order valence-corrected chi connectivity index (χ4v) is 6.96. The molecule has 1 unspecified atom stereocenters. The van der Waals surface area contributed by atoms with Crippen molar-refractivity contribution in [3.63, 3.8) is 0 Å². The van der Waals surface area contributed by atoms with Crippen LogP contribution in [0.15, 0.2) is 42.0 Å². The van der Waals surface area contributed by atoms with Crippen LogP contribution in [0, 0.1) is 12.3 Å². The van der Waals surface area contributed by atoms with Gasteiger partial charge in [-0.1, -0.05) is 12.2 Å². The Labute approximate surface area is 320 Å². The predicted molar refractivity (Wildman–Crippen MR) is 211 cm³/mol. The third-order valence-electron chi connectivity index (χ3n) is 9.65. The van der Waals surface area contributed by atoms with Crippen molar-refractivity contribution < 1.29 is 23.8 Å². The summed E-state index contributed by atoms with van der Waals surface area (Å²) in [6, 6.07) is 5.52. The SMILES string of the molecule is CCn1nc(C)cc1C(=O)Nc1nc2cc(CN)cc(OC)c2n1C/C=C/Cn1c(/C=C/C(C)=N)nc2c1C(OCCCN1CCOCC1)CC(C(N)=O)=C2. The van der Waals surface area contributed by atoms with Crippen LogP contribution in [0.25, 0.3) is 23.2 Å². The summed E-state index contributed by atoms with van der Waals surface area (Å²) in [5.74, 6) is 0.706. The zero-order valence-corrected chi connectivity index (χ0v) is 32.0. The van der Waals surface area contributed by atoms with Gasteiger partial charge in [0.25, 0.3) is 5.91 Å².